The van der Waals surface area contributed by atoms with Crippen molar-refractivity contribution in [3.8, 4) is 5.75 Å². The van der Waals surface area contributed by atoms with Gasteiger partial charge in [-0.15, -0.1) is 5.10 Å². The Hall–Kier alpha value is -2.11. The molecule has 0 unspecified atom stereocenters. The van der Waals surface area contributed by atoms with E-state index in [1.807, 2.05) is 4.90 Å². The van der Waals surface area contributed by atoms with Crippen molar-refractivity contribution in [2.24, 2.45) is 0 Å². The molecule has 0 spiro atoms. The van der Waals surface area contributed by atoms with E-state index < -0.39 is 12.0 Å². The number of methoxy groups -OCH3 is 1. The Morgan fingerprint density at radius 2 is 1.89 bits per heavy atom. The van der Waals surface area contributed by atoms with Gasteiger partial charge in [0, 0.05) is 13.1 Å². The summed E-state index contributed by atoms with van der Waals surface area (Å²) in [5, 5.41) is 3.70. The summed E-state index contributed by atoms with van der Waals surface area (Å²) in [4.78, 5) is 1.94. The summed E-state index contributed by atoms with van der Waals surface area (Å²) in [5.41, 5.74) is 3.51. The first kappa shape index (κ1) is 19.6. The first-order chi connectivity index (χ1) is 12.9. The molecule has 148 valence electrons. The summed E-state index contributed by atoms with van der Waals surface area (Å²) in [6.07, 6.45) is -4.63. The van der Waals surface area contributed by atoms with Crippen LogP contribution in [0.5, 0.6) is 5.75 Å². The predicted octanol–water partition coefficient (Wildman–Crippen LogP) is 2.47. The Balaban J connectivity index is 1.80. The van der Waals surface area contributed by atoms with Crippen LogP contribution in [0.2, 0.25) is 0 Å². The topological polar surface area (TPSA) is 56.5 Å². The summed E-state index contributed by atoms with van der Waals surface area (Å²) < 4.78 is 52.5. The van der Waals surface area contributed by atoms with Crippen LogP contribution in [0.15, 0.2) is 24.3 Å². The maximum absolute atomic E-state index is 13.4. The number of hydrogen-bond donors (Lipinski definition) is 1. The fourth-order valence-electron chi connectivity index (χ4n) is 2.67. The minimum absolute atomic E-state index is 0.0395. The number of rotatable bonds is 6. The SMILES string of the molecule is COc1ccc(CNn2c(C(F)(F)F)nn(CN3CCOCC3)c2=S)cc1. The molecular weight excluding hydrogens is 383 g/mol. The third-order valence-electron chi connectivity index (χ3n) is 4.13. The van der Waals surface area contributed by atoms with Crippen molar-refractivity contribution in [1.29, 1.82) is 0 Å². The van der Waals surface area contributed by atoms with Gasteiger partial charge in [0.1, 0.15) is 5.75 Å². The maximum atomic E-state index is 13.4. The van der Waals surface area contributed by atoms with Crippen LogP contribution in [0.25, 0.3) is 0 Å². The maximum Gasteiger partial charge on any atom is 0.453 e. The number of hydrogen-bond acceptors (Lipinski definition) is 6. The summed E-state index contributed by atoms with van der Waals surface area (Å²) in [7, 11) is 1.55. The van der Waals surface area contributed by atoms with E-state index in [4.69, 9.17) is 21.7 Å². The molecular formula is C16H20F3N5O2S. The highest BCUT2D eigenvalue weighted by Gasteiger charge is 2.38. The zero-order valence-corrected chi connectivity index (χ0v) is 15.5. The molecule has 1 aromatic heterocycles. The Labute approximate surface area is 159 Å². The van der Waals surface area contributed by atoms with Crippen LogP contribution in [0.3, 0.4) is 0 Å². The van der Waals surface area contributed by atoms with Gasteiger partial charge in [0.15, 0.2) is 0 Å². The second kappa shape index (κ2) is 8.28. The molecule has 7 nitrogen and oxygen atoms in total. The summed E-state index contributed by atoms with van der Waals surface area (Å²) in [6.45, 7) is 2.66. The fraction of sp³-hybridized carbons (Fsp3) is 0.500. The van der Waals surface area contributed by atoms with Gasteiger partial charge in [0.25, 0.3) is 5.82 Å². The van der Waals surface area contributed by atoms with Crippen LogP contribution in [0.1, 0.15) is 11.4 Å². The minimum Gasteiger partial charge on any atom is -0.497 e. The molecule has 27 heavy (non-hydrogen) atoms. The van der Waals surface area contributed by atoms with Gasteiger partial charge in [-0.25, -0.2) is 9.36 Å². The highest BCUT2D eigenvalue weighted by Crippen LogP contribution is 2.27. The Bertz CT molecular complexity index is 813. The van der Waals surface area contributed by atoms with Gasteiger partial charge in [-0.1, -0.05) is 12.1 Å². The second-order valence-corrected chi connectivity index (χ2v) is 6.36. The lowest BCUT2D eigenvalue weighted by molar-refractivity contribution is -0.147. The average Bonchev–Trinajstić information content (AvgIpc) is 2.97. The molecule has 0 radical (unpaired) electrons. The highest BCUT2D eigenvalue weighted by molar-refractivity contribution is 7.71. The van der Waals surface area contributed by atoms with Crippen LogP contribution in [0, 0.1) is 4.77 Å². The lowest BCUT2D eigenvalue weighted by Gasteiger charge is -2.26. The number of alkyl halides is 3. The molecule has 0 amide bonds. The average molecular weight is 403 g/mol. The van der Waals surface area contributed by atoms with Crippen LogP contribution in [-0.4, -0.2) is 52.8 Å². The molecule has 0 aliphatic carbocycles. The molecule has 1 aromatic carbocycles. The summed E-state index contributed by atoms with van der Waals surface area (Å²) >= 11 is 5.23. The zero-order valence-electron chi connectivity index (χ0n) is 14.7. The van der Waals surface area contributed by atoms with E-state index in [-0.39, 0.29) is 18.0 Å². The quantitative estimate of drug-likeness (QED) is 0.748. The van der Waals surface area contributed by atoms with Crippen LogP contribution in [-0.2, 0) is 24.1 Å². The molecule has 1 aliphatic heterocycles. The fourth-order valence-corrected chi connectivity index (χ4v) is 2.92. The first-order valence-electron chi connectivity index (χ1n) is 8.32. The molecule has 1 saturated heterocycles. The third-order valence-corrected chi connectivity index (χ3v) is 4.52. The van der Waals surface area contributed by atoms with Gasteiger partial charge in [-0.05, 0) is 29.9 Å². The Kier molecular flexibility index (Phi) is 6.02. The van der Waals surface area contributed by atoms with Crippen LogP contribution >= 0.6 is 12.2 Å². The van der Waals surface area contributed by atoms with E-state index in [9.17, 15) is 13.2 Å². The van der Waals surface area contributed by atoms with Gasteiger partial charge < -0.3 is 14.9 Å². The zero-order chi connectivity index (χ0) is 19.4. The minimum atomic E-state index is -4.63. The molecule has 11 heteroatoms. The van der Waals surface area contributed by atoms with Crippen LogP contribution < -0.4 is 10.2 Å². The monoisotopic (exact) mass is 403 g/mol. The Morgan fingerprint density at radius 3 is 2.48 bits per heavy atom. The molecule has 1 fully saturated rings. The van der Waals surface area contributed by atoms with E-state index in [1.54, 1.807) is 31.4 Å². The summed E-state index contributed by atoms with van der Waals surface area (Å²) in [5.74, 6) is -0.404. The number of aromatic nitrogens is 3. The molecule has 3 rings (SSSR count). The molecule has 0 saturated carbocycles. The van der Waals surface area contributed by atoms with Gasteiger partial charge in [0.2, 0.25) is 4.77 Å². The number of morpholine rings is 1. The number of benzene rings is 1. The first-order valence-corrected chi connectivity index (χ1v) is 8.73. The van der Waals surface area contributed by atoms with Crippen molar-refractivity contribution in [2.75, 3.05) is 38.8 Å². The smallest absolute Gasteiger partial charge is 0.453 e. The van der Waals surface area contributed by atoms with E-state index in [1.165, 1.54) is 4.68 Å². The van der Waals surface area contributed by atoms with E-state index in [0.717, 1.165) is 10.2 Å². The standard InChI is InChI=1S/C16H20F3N5O2S/c1-25-13-4-2-12(3-5-13)10-20-24-14(16(17,18)19)21-23(15(24)27)11-22-6-8-26-9-7-22/h2-5,20H,6-11H2,1H3. The summed E-state index contributed by atoms with van der Waals surface area (Å²) in [6, 6.07) is 7.01. The third kappa shape index (κ3) is 4.79. The van der Waals surface area contributed by atoms with E-state index >= 15 is 0 Å². The largest absolute Gasteiger partial charge is 0.497 e. The van der Waals surface area contributed by atoms with Gasteiger partial charge in [0.05, 0.1) is 33.5 Å². The lowest BCUT2D eigenvalue weighted by atomic mass is 10.2. The number of nitrogens with zero attached hydrogens (tertiary/aromatic N) is 4. The van der Waals surface area contributed by atoms with Gasteiger partial charge in [-0.3, -0.25) is 4.90 Å². The molecule has 2 aromatic rings. The van der Waals surface area contributed by atoms with Crippen molar-refractivity contribution < 1.29 is 22.6 Å². The Morgan fingerprint density at radius 1 is 1.22 bits per heavy atom. The van der Waals surface area contributed by atoms with Crippen molar-refractivity contribution in [1.82, 2.24) is 19.4 Å². The van der Waals surface area contributed by atoms with Gasteiger partial charge in [-0.2, -0.15) is 13.2 Å². The predicted molar refractivity (Wildman–Crippen MR) is 94.5 cm³/mol. The number of nitrogens with one attached hydrogen (secondary N) is 1. The van der Waals surface area contributed by atoms with E-state index in [0.29, 0.717) is 32.1 Å². The lowest BCUT2D eigenvalue weighted by Crippen LogP contribution is -2.37. The van der Waals surface area contributed by atoms with E-state index in [2.05, 4.69) is 10.5 Å². The second-order valence-electron chi connectivity index (χ2n) is 5.99. The van der Waals surface area contributed by atoms with Crippen LogP contribution in [0.4, 0.5) is 13.2 Å². The van der Waals surface area contributed by atoms with Crippen molar-refractivity contribution in [3.63, 3.8) is 0 Å². The molecule has 2 heterocycles. The van der Waals surface area contributed by atoms with Crippen molar-refractivity contribution in [3.05, 3.63) is 40.4 Å². The molecule has 0 atom stereocenters. The molecule has 0 bridgehead atoms. The number of ether oxygens (including phenoxy) is 2. The molecule has 1 N–H and O–H groups in total. The van der Waals surface area contributed by atoms with Gasteiger partial charge >= 0.3 is 6.18 Å². The number of halogens is 3. The van der Waals surface area contributed by atoms with Crippen molar-refractivity contribution >= 4 is 12.2 Å². The normalized spacial score (nSPS) is 15.7. The van der Waals surface area contributed by atoms with Crippen molar-refractivity contribution in [2.45, 2.75) is 19.4 Å². The molecule has 1 aliphatic rings. The highest BCUT2D eigenvalue weighted by atomic mass is 32.1.